The van der Waals surface area contributed by atoms with Crippen molar-refractivity contribution in [1.29, 1.82) is 0 Å². The Balaban J connectivity index is 2.85. The van der Waals surface area contributed by atoms with E-state index in [1.807, 2.05) is 0 Å². The Hall–Kier alpha value is 0.110. The smallest absolute Gasteiger partial charge is 0.101 e. The van der Waals surface area contributed by atoms with E-state index in [-0.39, 0.29) is 0 Å². The van der Waals surface area contributed by atoms with Crippen LogP contribution in [0.15, 0.2) is 23.1 Å². The maximum absolute atomic E-state index is 9.06. The molecule has 66 valence electrons. The van der Waals surface area contributed by atoms with Crippen molar-refractivity contribution in [3.8, 4) is 0 Å². The van der Waals surface area contributed by atoms with Gasteiger partial charge in [0.2, 0.25) is 0 Å². The third-order valence-electron chi connectivity index (χ3n) is 1.14. The van der Waals surface area contributed by atoms with Crippen molar-refractivity contribution in [3.05, 3.63) is 28.2 Å². The second kappa shape index (κ2) is 4.38. The van der Waals surface area contributed by atoms with Gasteiger partial charge in [-0.2, -0.15) is 0 Å². The second-order valence-corrected chi connectivity index (χ2v) is 4.58. The standard InChI is InChI=1S/C8H8Cl2OS/c1-5(11)12-8-3-6(9)2-7(10)4-8/h2-5,11H,1H3. The van der Waals surface area contributed by atoms with Crippen LogP contribution in [0, 0.1) is 0 Å². The van der Waals surface area contributed by atoms with E-state index in [1.54, 1.807) is 25.1 Å². The van der Waals surface area contributed by atoms with Crippen molar-refractivity contribution < 1.29 is 5.11 Å². The van der Waals surface area contributed by atoms with Gasteiger partial charge >= 0.3 is 0 Å². The van der Waals surface area contributed by atoms with Gasteiger partial charge in [0.1, 0.15) is 5.44 Å². The fourth-order valence-electron chi connectivity index (χ4n) is 0.794. The lowest BCUT2D eigenvalue weighted by Crippen LogP contribution is -1.90. The van der Waals surface area contributed by atoms with E-state index in [4.69, 9.17) is 28.3 Å². The molecule has 1 N–H and O–H groups in total. The first-order valence-corrected chi connectivity index (χ1v) is 5.02. The van der Waals surface area contributed by atoms with Crippen LogP contribution in [-0.2, 0) is 0 Å². The number of hydrogen-bond acceptors (Lipinski definition) is 2. The number of benzene rings is 1. The van der Waals surface area contributed by atoms with Crippen LogP contribution < -0.4 is 0 Å². The van der Waals surface area contributed by atoms with Gasteiger partial charge in [0, 0.05) is 14.9 Å². The van der Waals surface area contributed by atoms with Gasteiger partial charge in [0.15, 0.2) is 0 Å². The molecule has 0 saturated carbocycles. The van der Waals surface area contributed by atoms with Crippen molar-refractivity contribution in [3.63, 3.8) is 0 Å². The molecule has 0 heterocycles. The first-order chi connectivity index (χ1) is 5.58. The molecule has 0 aromatic heterocycles. The van der Waals surface area contributed by atoms with Crippen molar-refractivity contribution in [2.75, 3.05) is 0 Å². The molecular weight excluding hydrogens is 215 g/mol. The highest BCUT2D eigenvalue weighted by Gasteiger charge is 2.01. The molecule has 12 heavy (non-hydrogen) atoms. The first-order valence-electron chi connectivity index (χ1n) is 3.39. The molecule has 1 nitrogen and oxygen atoms in total. The minimum Gasteiger partial charge on any atom is -0.382 e. The SMILES string of the molecule is CC(O)Sc1cc(Cl)cc(Cl)c1. The summed E-state index contributed by atoms with van der Waals surface area (Å²) in [5.74, 6) is 0. The summed E-state index contributed by atoms with van der Waals surface area (Å²) < 4.78 is 0. The van der Waals surface area contributed by atoms with Gasteiger partial charge in [0.05, 0.1) is 0 Å². The number of halogens is 2. The number of thioether (sulfide) groups is 1. The molecule has 0 bridgehead atoms. The zero-order chi connectivity index (χ0) is 9.14. The van der Waals surface area contributed by atoms with Crippen molar-refractivity contribution >= 4 is 35.0 Å². The minimum atomic E-state index is -0.445. The molecule has 1 unspecified atom stereocenters. The van der Waals surface area contributed by atoms with Gasteiger partial charge in [-0.1, -0.05) is 35.0 Å². The number of aliphatic hydroxyl groups excluding tert-OH is 1. The van der Waals surface area contributed by atoms with E-state index in [0.717, 1.165) is 4.90 Å². The monoisotopic (exact) mass is 222 g/mol. The summed E-state index contributed by atoms with van der Waals surface area (Å²) in [5.41, 5.74) is -0.445. The molecule has 0 aliphatic rings. The zero-order valence-corrected chi connectivity index (χ0v) is 8.75. The number of hydrogen-bond donors (Lipinski definition) is 1. The first kappa shape index (κ1) is 10.2. The molecule has 1 aromatic carbocycles. The molecule has 4 heteroatoms. The Morgan fingerprint density at radius 1 is 1.25 bits per heavy atom. The Morgan fingerprint density at radius 3 is 2.17 bits per heavy atom. The zero-order valence-electron chi connectivity index (χ0n) is 6.42. The molecule has 1 atom stereocenters. The molecular formula is C8H8Cl2OS. The topological polar surface area (TPSA) is 20.2 Å². The van der Waals surface area contributed by atoms with Crippen LogP contribution in [0.2, 0.25) is 10.0 Å². The summed E-state index contributed by atoms with van der Waals surface area (Å²) in [6.07, 6.45) is 0. The minimum absolute atomic E-state index is 0.445. The highest BCUT2D eigenvalue weighted by molar-refractivity contribution is 7.99. The van der Waals surface area contributed by atoms with Crippen LogP contribution in [0.3, 0.4) is 0 Å². The molecule has 0 fully saturated rings. The summed E-state index contributed by atoms with van der Waals surface area (Å²) >= 11 is 12.8. The van der Waals surface area contributed by atoms with E-state index in [1.165, 1.54) is 11.8 Å². The Kier molecular flexibility index (Phi) is 3.72. The summed E-state index contributed by atoms with van der Waals surface area (Å²) in [6, 6.07) is 5.20. The molecule has 1 rings (SSSR count). The second-order valence-electron chi connectivity index (χ2n) is 2.32. The van der Waals surface area contributed by atoms with Crippen LogP contribution in [0.4, 0.5) is 0 Å². The van der Waals surface area contributed by atoms with Gasteiger partial charge < -0.3 is 5.11 Å². The fourth-order valence-corrected chi connectivity index (χ4v) is 2.23. The van der Waals surface area contributed by atoms with Crippen molar-refractivity contribution in [2.24, 2.45) is 0 Å². The molecule has 0 saturated heterocycles. The van der Waals surface area contributed by atoms with Gasteiger partial charge in [0.25, 0.3) is 0 Å². The normalized spacial score (nSPS) is 13.0. The average molecular weight is 223 g/mol. The molecule has 0 aliphatic carbocycles. The van der Waals surface area contributed by atoms with E-state index < -0.39 is 5.44 Å². The quantitative estimate of drug-likeness (QED) is 0.612. The maximum Gasteiger partial charge on any atom is 0.101 e. The Labute approximate surface area is 85.7 Å². The van der Waals surface area contributed by atoms with Crippen molar-refractivity contribution in [2.45, 2.75) is 17.3 Å². The van der Waals surface area contributed by atoms with E-state index in [9.17, 15) is 0 Å². The lowest BCUT2D eigenvalue weighted by Gasteiger charge is -2.04. The van der Waals surface area contributed by atoms with Crippen LogP contribution in [0.25, 0.3) is 0 Å². The summed E-state index contributed by atoms with van der Waals surface area (Å²) in [5, 5.41) is 10.2. The van der Waals surface area contributed by atoms with Crippen molar-refractivity contribution in [1.82, 2.24) is 0 Å². The van der Waals surface area contributed by atoms with Crippen LogP contribution >= 0.6 is 35.0 Å². The predicted molar refractivity (Wildman–Crippen MR) is 54.0 cm³/mol. The van der Waals surface area contributed by atoms with E-state index in [0.29, 0.717) is 10.0 Å². The van der Waals surface area contributed by atoms with Crippen LogP contribution in [0.5, 0.6) is 0 Å². The molecule has 0 radical (unpaired) electrons. The maximum atomic E-state index is 9.06. The largest absolute Gasteiger partial charge is 0.382 e. The highest BCUT2D eigenvalue weighted by atomic mass is 35.5. The Bertz CT molecular complexity index is 256. The molecule has 0 spiro atoms. The summed E-state index contributed by atoms with van der Waals surface area (Å²) in [4.78, 5) is 0.877. The summed E-state index contributed by atoms with van der Waals surface area (Å²) in [6.45, 7) is 1.69. The van der Waals surface area contributed by atoms with Crippen LogP contribution in [0.1, 0.15) is 6.92 Å². The van der Waals surface area contributed by atoms with E-state index >= 15 is 0 Å². The molecule has 0 aliphatic heterocycles. The van der Waals surface area contributed by atoms with Crippen LogP contribution in [-0.4, -0.2) is 10.5 Å². The molecule has 1 aromatic rings. The Morgan fingerprint density at radius 2 is 1.75 bits per heavy atom. The third-order valence-corrected chi connectivity index (χ3v) is 2.43. The predicted octanol–water partition coefficient (Wildman–Crippen LogP) is 3.42. The highest BCUT2D eigenvalue weighted by Crippen LogP contribution is 2.28. The van der Waals surface area contributed by atoms with Gasteiger partial charge in [-0.05, 0) is 25.1 Å². The van der Waals surface area contributed by atoms with Gasteiger partial charge in [-0.3, -0.25) is 0 Å². The average Bonchev–Trinajstić information content (AvgIpc) is 1.81. The number of aliphatic hydroxyl groups is 1. The van der Waals surface area contributed by atoms with E-state index in [2.05, 4.69) is 0 Å². The molecule has 0 amide bonds. The fraction of sp³-hybridized carbons (Fsp3) is 0.250. The lowest BCUT2D eigenvalue weighted by molar-refractivity contribution is 0.284. The van der Waals surface area contributed by atoms with Gasteiger partial charge in [-0.25, -0.2) is 0 Å². The van der Waals surface area contributed by atoms with Gasteiger partial charge in [-0.15, -0.1) is 0 Å². The third kappa shape index (κ3) is 3.23. The number of rotatable bonds is 2. The lowest BCUT2D eigenvalue weighted by atomic mass is 10.4. The summed E-state index contributed by atoms with van der Waals surface area (Å²) in [7, 11) is 0.